The number of benzene rings is 2. The maximum absolute atomic E-state index is 12.2. The number of carbonyl (C=O) groups is 2. The van der Waals surface area contributed by atoms with Gasteiger partial charge in [-0.15, -0.1) is 0 Å². The Morgan fingerprint density at radius 1 is 1.20 bits per heavy atom. The van der Waals surface area contributed by atoms with Crippen molar-refractivity contribution in [3.63, 3.8) is 0 Å². The Morgan fingerprint density at radius 2 is 2.00 bits per heavy atom. The molecule has 0 saturated carbocycles. The molecule has 25 heavy (non-hydrogen) atoms. The predicted octanol–water partition coefficient (Wildman–Crippen LogP) is 2.47. The number of esters is 1. The van der Waals surface area contributed by atoms with Crippen molar-refractivity contribution in [2.45, 2.75) is 13.0 Å². The van der Waals surface area contributed by atoms with Gasteiger partial charge in [-0.05, 0) is 37.3 Å². The fourth-order valence-corrected chi connectivity index (χ4v) is 2.22. The van der Waals surface area contributed by atoms with Crippen LogP contribution in [-0.4, -0.2) is 24.8 Å². The van der Waals surface area contributed by atoms with Crippen LogP contribution in [0.1, 0.15) is 22.8 Å². The van der Waals surface area contributed by atoms with Gasteiger partial charge in [-0.2, -0.15) is 5.26 Å². The normalized spacial score (nSPS) is 12.8. The maximum Gasteiger partial charge on any atom is 0.338 e. The summed E-state index contributed by atoms with van der Waals surface area (Å²) in [5.74, 6) is -0.0142. The third-order valence-electron chi connectivity index (χ3n) is 3.52. The maximum atomic E-state index is 12.2. The molecule has 0 aliphatic carbocycles. The number of rotatable bonds is 4. The van der Waals surface area contributed by atoms with Crippen molar-refractivity contribution in [1.82, 2.24) is 0 Å². The first-order chi connectivity index (χ1) is 12.1. The fourth-order valence-electron chi connectivity index (χ4n) is 2.22. The zero-order valence-electron chi connectivity index (χ0n) is 13.3. The van der Waals surface area contributed by atoms with Crippen LogP contribution in [0, 0.1) is 11.3 Å². The van der Waals surface area contributed by atoms with E-state index in [1.807, 2.05) is 6.07 Å². The first kappa shape index (κ1) is 16.3. The van der Waals surface area contributed by atoms with E-state index in [9.17, 15) is 9.59 Å². The van der Waals surface area contributed by atoms with Gasteiger partial charge in [-0.25, -0.2) is 4.79 Å². The van der Waals surface area contributed by atoms with Crippen molar-refractivity contribution in [3.05, 3.63) is 53.6 Å². The molecule has 1 N–H and O–H groups in total. The zero-order valence-corrected chi connectivity index (χ0v) is 13.3. The number of ether oxygens (including phenoxy) is 3. The average Bonchev–Trinajstić information content (AvgIpc) is 3.09. The number of nitrogens with one attached hydrogen (secondary N) is 1. The molecule has 0 aromatic heterocycles. The van der Waals surface area contributed by atoms with Crippen LogP contribution in [0.3, 0.4) is 0 Å². The van der Waals surface area contributed by atoms with Crippen LogP contribution < -0.4 is 14.8 Å². The lowest BCUT2D eigenvalue weighted by atomic mass is 10.1. The van der Waals surface area contributed by atoms with E-state index in [1.165, 1.54) is 19.1 Å². The van der Waals surface area contributed by atoms with E-state index in [4.69, 9.17) is 19.5 Å². The highest BCUT2D eigenvalue weighted by Crippen LogP contribution is 2.34. The van der Waals surface area contributed by atoms with E-state index in [1.54, 1.807) is 30.3 Å². The number of fused-ring (bicyclic) bond motifs is 1. The molecular formula is C18H14N2O5. The van der Waals surface area contributed by atoms with Crippen molar-refractivity contribution >= 4 is 17.6 Å². The minimum absolute atomic E-state index is 0.141. The summed E-state index contributed by atoms with van der Waals surface area (Å²) < 4.78 is 15.6. The standard InChI is InChI=1S/C18H14N2O5/c1-11(25-18(22)13-4-2-3-12(7-13)9-19)17(21)20-14-5-6-15-16(8-14)24-10-23-15/h2-8,11H,10H2,1H3,(H,20,21)/t11-/m1/s1. The lowest BCUT2D eigenvalue weighted by Crippen LogP contribution is -2.30. The van der Waals surface area contributed by atoms with Crippen LogP contribution in [0.5, 0.6) is 11.5 Å². The summed E-state index contributed by atoms with van der Waals surface area (Å²) >= 11 is 0. The summed E-state index contributed by atoms with van der Waals surface area (Å²) in [7, 11) is 0. The van der Waals surface area contributed by atoms with Gasteiger partial charge in [0.15, 0.2) is 17.6 Å². The molecule has 3 rings (SSSR count). The topological polar surface area (TPSA) is 97.7 Å². The minimum atomic E-state index is -1.01. The van der Waals surface area contributed by atoms with Gasteiger partial charge in [0, 0.05) is 11.8 Å². The Kier molecular flexibility index (Phi) is 4.53. The summed E-state index contributed by atoms with van der Waals surface area (Å²) in [6.07, 6.45) is -1.01. The Bertz CT molecular complexity index is 872. The van der Waals surface area contributed by atoms with Gasteiger partial charge in [0.2, 0.25) is 6.79 Å². The van der Waals surface area contributed by atoms with Crippen LogP contribution in [0.2, 0.25) is 0 Å². The minimum Gasteiger partial charge on any atom is -0.454 e. The Morgan fingerprint density at radius 3 is 2.80 bits per heavy atom. The van der Waals surface area contributed by atoms with Gasteiger partial charge in [-0.1, -0.05) is 6.07 Å². The SMILES string of the molecule is C[C@@H](OC(=O)c1cccc(C#N)c1)C(=O)Nc1ccc2c(c1)OCO2. The summed E-state index contributed by atoms with van der Waals surface area (Å²) in [5.41, 5.74) is 1.05. The average molecular weight is 338 g/mol. The van der Waals surface area contributed by atoms with Gasteiger partial charge in [0.05, 0.1) is 17.2 Å². The molecule has 0 fully saturated rings. The van der Waals surface area contributed by atoms with E-state index >= 15 is 0 Å². The largest absolute Gasteiger partial charge is 0.454 e. The Labute approximate surface area is 143 Å². The number of amides is 1. The quantitative estimate of drug-likeness (QED) is 0.860. The molecule has 1 amide bonds. The molecule has 1 heterocycles. The monoisotopic (exact) mass is 338 g/mol. The van der Waals surface area contributed by atoms with E-state index < -0.39 is 18.0 Å². The molecule has 1 atom stereocenters. The van der Waals surface area contributed by atoms with Gasteiger partial charge in [0.1, 0.15) is 0 Å². The zero-order chi connectivity index (χ0) is 17.8. The van der Waals surface area contributed by atoms with E-state index in [2.05, 4.69) is 5.32 Å². The Hall–Kier alpha value is -3.53. The van der Waals surface area contributed by atoms with E-state index in [0.717, 1.165) is 0 Å². The van der Waals surface area contributed by atoms with Gasteiger partial charge in [0.25, 0.3) is 5.91 Å². The highest BCUT2D eigenvalue weighted by atomic mass is 16.7. The molecule has 1 aliphatic heterocycles. The highest BCUT2D eigenvalue weighted by molar-refractivity contribution is 5.97. The molecular weight excluding hydrogens is 324 g/mol. The Balaban J connectivity index is 1.62. The molecule has 7 heteroatoms. The summed E-state index contributed by atoms with van der Waals surface area (Å²) in [6.45, 7) is 1.61. The summed E-state index contributed by atoms with van der Waals surface area (Å²) in [4.78, 5) is 24.3. The lowest BCUT2D eigenvalue weighted by Gasteiger charge is -2.14. The first-order valence-electron chi connectivity index (χ1n) is 7.48. The molecule has 1 aliphatic rings. The van der Waals surface area contributed by atoms with Crippen LogP contribution in [0.15, 0.2) is 42.5 Å². The molecule has 0 spiro atoms. The van der Waals surface area contributed by atoms with Crippen molar-refractivity contribution in [1.29, 1.82) is 5.26 Å². The van der Waals surface area contributed by atoms with Crippen LogP contribution in [0.25, 0.3) is 0 Å². The molecule has 0 radical (unpaired) electrons. The van der Waals surface area contributed by atoms with Gasteiger partial charge < -0.3 is 19.5 Å². The second-order valence-corrected chi connectivity index (χ2v) is 5.30. The molecule has 0 unspecified atom stereocenters. The van der Waals surface area contributed by atoms with Gasteiger partial charge >= 0.3 is 5.97 Å². The predicted molar refractivity (Wildman–Crippen MR) is 87.2 cm³/mol. The summed E-state index contributed by atoms with van der Waals surface area (Å²) in [5, 5.41) is 11.5. The number of anilines is 1. The third-order valence-corrected chi connectivity index (χ3v) is 3.52. The first-order valence-corrected chi connectivity index (χ1v) is 7.48. The fraction of sp³-hybridized carbons (Fsp3) is 0.167. The molecule has 2 aromatic rings. The molecule has 126 valence electrons. The van der Waals surface area contributed by atoms with Crippen molar-refractivity contribution in [3.8, 4) is 17.6 Å². The second kappa shape index (κ2) is 6.93. The number of nitriles is 1. The van der Waals surface area contributed by atoms with Crippen LogP contribution >= 0.6 is 0 Å². The molecule has 0 bridgehead atoms. The van der Waals surface area contributed by atoms with Gasteiger partial charge in [-0.3, -0.25) is 4.79 Å². The van der Waals surface area contributed by atoms with Crippen molar-refractivity contribution in [2.75, 3.05) is 12.1 Å². The smallest absolute Gasteiger partial charge is 0.338 e. The molecule has 7 nitrogen and oxygen atoms in total. The van der Waals surface area contributed by atoms with E-state index in [0.29, 0.717) is 22.7 Å². The molecule has 2 aromatic carbocycles. The van der Waals surface area contributed by atoms with Crippen LogP contribution in [0.4, 0.5) is 5.69 Å². The number of hydrogen-bond acceptors (Lipinski definition) is 6. The molecule has 0 saturated heterocycles. The summed E-state index contributed by atoms with van der Waals surface area (Å²) in [6, 6.07) is 13.0. The third kappa shape index (κ3) is 3.70. The van der Waals surface area contributed by atoms with Crippen LogP contribution in [-0.2, 0) is 9.53 Å². The number of hydrogen-bond donors (Lipinski definition) is 1. The van der Waals surface area contributed by atoms with Crippen molar-refractivity contribution in [2.24, 2.45) is 0 Å². The number of carbonyl (C=O) groups excluding carboxylic acids is 2. The number of nitrogens with zero attached hydrogens (tertiary/aromatic N) is 1. The highest BCUT2D eigenvalue weighted by Gasteiger charge is 2.20. The lowest BCUT2D eigenvalue weighted by molar-refractivity contribution is -0.123. The van der Waals surface area contributed by atoms with E-state index in [-0.39, 0.29) is 12.4 Å². The second-order valence-electron chi connectivity index (χ2n) is 5.30. The van der Waals surface area contributed by atoms with Crippen molar-refractivity contribution < 1.29 is 23.8 Å².